The molecule has 32 heavy (non-hydrogen) atoms. The lowest BCUT2D eigenvalue weighted by Crippen LogP contribution is -2.38. The third-order valence-electron chi connectivity index (χ3n) is 5.45. The van der Waals surface area contributed by atoms with Crippen LogP contribution in [0.1, 0.15) is 55.4 Å². The van der Waals surface area contributed by atoms with Crippen LogP contribution in [-0.2, 0) is 27.0 Å². The molecule has 1 aliphatic rings. The van der Waals surface area contributed by atoms with Crippen LogP contribution in [0.25, 0.3) is 0 Å². The molecule has 7 heteroatoms. The molecule has 2 aromatic carbocycles. The van der Waals surface area contributed by atoms with Gasteiger partial charge in [0, 0.05) is 18.0 Å². The van der Waals surface area contributed by atoms with Crippen molar-refractivity contribution < 1.29 is 27.5 Å². The van der Waals surface area contributed by atoms with E-state index in [9.17, 15) is 22.8 Å². The summed E-state index contributed by atoms with van der Waals surface area (Å²) in [6, 6.07) is 12.3. The molecular weight excluding hydrogens is 419 g/mol. The van der Waals surface area contributed by atoms with Gasteiger partial charge < -0.3 is 9.64 Å². The molecule has 0 saturated carbocycles. The van der Waals surface area contributed by atoms with Crippen molar-refractivity contribution in [2.24, 2.45) is 0 Å². The van der Waals surface area contributed by atoms with Gasteiger partial charge in [0.1, 0.15) is 0 Å². The molecule has 1 amide bonds. The molecule has 3 rings (SSSR count). The number of hydrogen-bond acceptors (Lipinski definition) is 3. The number of benzene rings is 2. The van der Waals surface area contributed by atoms with Gasteiger partial charge >= 0.3 is 12.1 Å². The van der Waals surface area contributed by atoms with Crippen molar-refractivity contribution in [1.82, 2.24) is 4.90 Å². The average Bonchev–Trinajstić information content (AvgIpc) is 2.69. The highest BCUT2D eigenvalue weighted by molar-refractivity contribution is 5.96. The van der Waals surface area contributed by atoms with Crippen molar-refractivity contribution in [2.75, 3.05) is 0 Å². The van der Waals surface area contributed by atoms with Crippen molar-refractivity contribution in [3.05, 3.63) is 82.1 Å². The van der Waals surface area contributed by atoms with Crippen LogP contribution in [0.2, 0.25) is 0 Å². The number of alkyl halides is 3. The van der Waals surface area contributed by atoms with E-state index in [4.69, 9.17) is 4.74 Å². The van der Waals surface area contributed by atoms with Gasteiger partial charge in [-0.25, -0.2) is 4.79 Å². The topological polar surface area (TPSA) is 46.6 Å². The summed E-state index contributed by atoms with van der Waals surface area (Å²) in [5.41, 5.74) is 2.41. The van der Waals surface area contributed by atoms with Crippen LogP contribution >= 0.6 is 0 Å². The van der Waals surface area contributed by atoms with Gasteiger partial charge in [-0.15, -0.1) is 0 Å². The fraction of sp³-hybridized carbons (Fsp3) is 0.360. The quantitative estimate of drug-likeness (QED) is 0.550. The van der Waals surface area contributed by atoms with E-state index in [1.54, 1.807) is 25.7 Å². The first-order valence-electron chi connectivity index (χ1n) is 10.4. The summed E-state index contributed by atoms with van der Waals surface area (Å²) < 4.78 is 44.4. The van der Waals surface area contributed by atoms with Crippen molar-refractivity contribution in [3.63, 3.8) is 0 Å². The van der Waals surface area contributed by atoms with Crippen molar-refractivity contribution in [1.29, 1.82) is 0 Å². The number of esters is 1. The summed E-state index contributed by atoms with van der Waals surface area (Å²) in [5, 5.41) is 0. The van der Waals surface area contributed by atoms with Crippen LogP contribution in [0, 0.1) is 6.92 Å². The third-order valence-corrected chi connectivity index (χ3v) is 5.45. The van der Waals surface area contributed by atoms with Crippen LogP contribution in [-0.4, -0.2) is 22.9 Å². The summed E-state index contributed by atoms with van der Waals surface area (Å²) in [6.07, 6.45) is -4.87. The van der Waals surface area contributed by atoms with E-state index in [0.717, 1.165) is 23.3 Å². The highest BCUT2D eigenvalue weighted by Crippen LogP contribution is 2.39. The lowest BCUT2D eigenvalue weighted by molar-refractivity contribution is -0.144. The number of carbonyl (C=O) groups is 2. The minimum atomic E-state index is -4.46. The average molecular weight is 445 g/mol. The second kappa shape index (κ2) is 9.18. The number of nitrogens with zero attached hydrogens (tertiary/aromatic N) is 1. The summed E-state index contributed by atoms with van der Waals surface area (Å²) in [7, 11) is 0. The van der Waals surface area contributed by atoms with Gasteiger partial charge in [0.15, 0.2) is 0 Å². The number of amides is 1. The third kappa shape index (κ3) is 5.21. The SMILES string of the molecule is CC1=C(C(=O)OC(C)C)[C@@H](c2ccc(C(F)(F)F)cc2)CC(=O)N1Cc1cccc(C)c1. The van der Waals surface area contributed by atoms with E-state index in [-0.39, 0.29) is 18.4 Å². The predicted octanol–water partition coefficient (Wildman–Crippen LogP) is 5.76. The van der Waals surface area contributed by atoms with Gasteiger partial charge in [-0.3, -0.25) is 4.79 Å². The molecule has 1 heterocycles. The van der Waals surface area contributed by atoms with E-state index in [2.05, 4.69) is 0 Å². The molecule has 4 nitrogen and oxygen atoms in total. The van der Waals surface area contributed by atoms with Crippen molar-refractivity contribution in [2.45, 2.75) is 58.9 Å². The Morgan fingerprint density at radius 3 is 2.34 bits per heavy atom. The molecule has 0 bridgehead atoms. The summed E-state index contributed by atoms with van der Waals surface area (Å²) in [6.45, 7) is 7.38. The van der Waals surface area contributed by atoms with Gasteiger partial charge in [0.05, 0.1) is 23.8 Å². The zero-order chi connectivity index (χ0) is 23.6. The first-order chi connectivity index (χ1) is 15.0. The van der Waals surface area contributed by atoms with Crippen LogP contribution in [0.15, 0.2) is 59.8 Å². The minimum absolute atomic E-state index is 0.0307. The predicted molar refractivity (Wildman–Crippen MR) is 114 cm³/mol. The molecule has 0 spiro atoms. The Kier molecular flexibility index (Phi) is 6.77. The highest BCUT2D eigenvalue weighted by Gasteiger charge is 2.38. The fourth-order valence-electron chi connectivity index (χ4n) is 3.93. The number of carbonyl (C=O) groups excluding carboxylic acids is 2. The number of ether oxygens (including phenoxy) is 1. The lowest BCUT2D eigenvalue weighted by Gasteiger charge is -2.35. The van der Waals surface area contributed by atoms with Crippen LogP contribution in [0.4, 0.5) is 13.2 Å². The maximum Gasteiger partial charge on any atom is 0.416 e. The molecule has 170 valence electrons. The normalized spacial score (nSPS) is 17.2. The maximum atomic E-state index is 13.1. The Morgan fingerprint density at radius 1 is 1.12 bits per heavy atom. The Morgan fingerprint density at radius 2 is 1.78 bits per heavy atom. The second-order valence-corrected chi connectivity index (χ2v) is 8.30. The zero-order valence-electron chi connectivity index (χ0n) is 18.5. The number of aryl methyl sites for hydroxylation is 1. The van der Waals surface area contributed by atoms with E-state index < -0.39 is 23.6 Å². The smallest absolute Gasteiger partial charge is 0.416 e. The minimum Gasteiger partial charge on any atom is -0.460 e. The number of hydrogen-bond donors (Lipinski definition) is 0. The highest BCUT2D eigenvalue weighted by atomic mass is 19.4. The first kappa shape index (κ1) is 23.6. The first-order valence-corrected chi connectivity index (χ1v) is 10.4. The number of rotatable bonds is 5. The van der Waals surface area contributed by atoms with Crippen LogP contribution < -0.4 is 0 Å². The zero-order valence-corrected chi connectivity index (χ0v) is 18.5. The molecule has 2 aromatic rings. The lowest BCUT2D eigenvalue weighted by atomic mass is 9.83. The van der Waals surface area contributed by atoms with Crippen molar-refractivity contribution in [3.8, 4) is 0 Å². The summed E-state index contributed by atoms with van der Waals surface area (Å²) >= 11 is 0. The van der Waals surface area contributed by atoms with E-state index in [1.165, 1.54) is 12.1 Å². The van der Waals surface area contributed by atoms with Crippen LogP contribution in [0.5, 0.6) is 0 Å². The van der Waals surface area contributed by atoms with E-state index >= 15 is 0 Å². The molecule has 1 aliphatic heterocycles. The molecular formula is C25H26F3NO3. The van der Waals surface area contributed by atoms with Crippen LogP contribution in [0.3, 0.4) is 0 Å². The largest absolute Gasteiger partial charge is 0.460 e. The summed E-state index contributed by atoms with van der Waals surface area (Å²) in [4.78, 5) is 27.6. The Labute approximate surface area is 185 Å². The number of halogens is 3. The van der Waals surface area contributed by atoms with Gasteiger partial charge in [0.25, 0.3) is 0 Å². The Hall–Kier alpha value is -3.09. The molecule has 1 atom stereocenters. The maximum absolute atomic E-state index is 13.1. The molecule has 0 aliphatic carbocycles. The molecule has 0 aromatic heterocycles. The fourth-order valence-corrected chi connectivity index (χ4v) is 3.93. The Bertz CT molecular complexity index is 1040. The second-order valence-electron chi connectivity index (χ2n) is 8.30. The standard InChI is InChI=1S/C25H26F3NO3/c1-15(2)32-24(31)23-17(4)29(14-18-7-5-6-16(3)12-18)22(30)13-21(23)19-8-10-20(11-9-19)25(26,27)28/h5-12,15,21H,13-14H2,1-4H3/t21-/m1/s1. The van der Waals surface area contributed by atoms with Gasteiger partial charge in [0.2, 0.25) is 5.91 Å². The van der Waals surface area contributed by atoms with Crippen molar-refractivity contribution >= 4 is 11.9 Å². The van der Waals surface area contributed by atoms with Gasteiger partial charge in [-0.05, 0) is 51.0 Å². The molecule has 0 N–H and O–H groups in total. The molecule has 0 fully saturated rings. The monoisotopic (exact) mass is 445 g/mol. The molecule has 0 saturated heterocycles. The molecule has 0 radical (unpaired) electrons. The summed E-state index contributed by atoms with van der Waals surface area (Å²) in [5.74, 6) is -1.44. The number of allylic oxidation sites excluding steroid dienone is 1. The van der Waals surface area contributed by atoms with Gasteiger partial charge in [-0.1, -0.05) is 42.0 Å². The van der Waals surface area contributed by atoms with E-state index in [1.807, 2.05) is 31.2 Å². The van der Waals surface area contributed by atoms with Gasteiger partial charge in [-0.2, -0.15) is 13.2 Å². The van der Waals surface area contributed by atoms with E-state index in [0.29, 0.717) is 23.4 Å². The Balaban J connectivity index is 2.02. The molecule has 0 unspecified atom stereocenters.